The van der Waals surface area contributed by atoms with Crippen LogP contribution < -0.4 is 16.0 Å². The summed E-state index contributed by atoms with van der Waals surface area (Å²) in [4.78, 5) is 33.2. The first-order chi connectivity index (χ1) is 11.3. The summed E-state index contributed by atoms with van der Waals surface area (Å²) < 4.78 is 28.6. The lowest BCUT2D eigenvalue weighted by molar-refractivity contribution is 0.601. The molecule has 0 amide bonds. The SMILES string of the molecule is Cc1cnccc1NS(=O)(=O)c1cnc2c(c1)c(=O)[nH]c(=O)n2C. The van der Waals surface area contributed by atoms with Crippen molar-refractivity contribution in [1.82, 2.24) is 19.5 Å². The first kappa shape index (κ1) is 15.9. The lowest BCUT2D eigenvalue weighted by Crippen LogP contribution is -2.29. The van der Waals surface area contributed by atoms with Gasteiger partial charge in [-0.05, 0) is 24.6 Å². The van der Waals surface area contributed by atoms with Crippen LogP contribution in [0.4, 0.5) is 5.69 Å². The average molecular weight is 347 g/mol. The summed E-state index contributed by atoms with van der Waals surface area (Å²) in [6.45, 7) is 1.71. The summed E-state index contributed by atoms with van der Waals surface area (Å²) in [5.41, 5.74) is -0.198. The summed E-state index contributed by atoms with van der Waals surface area (Å²) in [5.74, 6) is 0. The van der Waals surface area contributed by atoms with Crippen LogP contribution >= 0.6 is 0 Å². The van der Waals surface area contributed by atoms with Gasteiger partial charge in [0.2, 0.25) is 0 Å². The van der Waals surface area contributed by atoms with Gasteiger partial charge in [-0.15, -0.1) is 0 Å². The quantitative estimate of drug-likeness (QED) is 0.693. The van der Waals surface area contributed by atoms with E-state index in [2.05, 4.69) is 19.7 Å². The van der Waals surface area contributed by atoms with Gasteiger partial charge >= 0.3 is 5.69 Å². The smallest absolute Gasteiger partial charge is 0.281 e. The van der Waals surface area contributed by atoms with E-state index in [1.165, 1.54) is 31.6 Å². The third-order valence-electron chi connectivity index (χ3n) is 3.50. The molecule has 10 heteroatoms. The molecule has 3 rings (SSSR count). The van der Waals surface area contributed by atoms with Crippen LogP contribution in [0.15, 0.2) is 45.2 Å². The summed E-state index contributed by atoms with van der Waals surface area (Å²) in [5, 5.41) is 0.00595. The third-order valence-corrected chi connectivity index (χ3v) is 4.84. The van der Waals surface area contributed by atoms with Gasteiger partial charge in [-0.1, -0.05) is 0 Å². The predicted molar refractivity (Wildman–Crippen MR) is 87.4 cm³/mol. The van der Waals surface area contributed by atoms with Gasteiger partial charge in [-0.3, -0.25) is 24.1 Å². The number of hydrogen-bond acceptors (Lipinski definition) is 6. The minimum Gasteiger partial charge on any atom is -0.281 e. The highest BCUT2D eigenvalue weighted by atomic mass is 32.2. The molecule has 9 nitrogen and oxygen atoms in total. The van der Waals surface area contributed by atoms with Gasteiger partial charge in [0, 0.05) is 25.6 Å². The number of aryl methyl sites for hydroxylation is 2. The molecule has 0 aliphatic rings. The largest absolute Gasteiger partial charge is 0.329 e. The van der Waals surface area contributed by atoms with Gasteiger partial charge in [0.15, 0.2) is 0 Å². The molecule has 0 aliphatic carbocycles. The summed E-state index contributed by atoms with van der Waals surface area (Å²) >= 11 is 0. The Hall–Kier alpha value is -3.01. The van der Waals surface area contributed by atoms with Gasteiger partial charge < -0.3 is 0 Å². The zero-order valence-electron chi connectivity index (χ0n) is 12.8. The Morgan fingerprint density at radius 3 is 2.71 bits per heavy atom. The Kier molecular flexibility index (Phi) is 3.68. The number of rotatable bonds is 3. The Morgan fingerprint density at radius 2 is 2.00 bits per heavy atom. The fourth-order valence-electron chi connectivity index (χ4n) is 2.16. The summed E-state index contributed by atoms with van der Waals surface area (Å²) in [7, 11) is -2.52. The third kappa shape index (κ3) is 2.67. The second kappa shape index (κ2) is 5.57. The zero-order valence-corrected chi connectivity index (χ0v) is 13.6. The number of anilines is 1. The first-order valence-electron chi connectivity index (χ1n) is 6.82. The minimum atomic E-state index is -3.95. The van der Waals surface area contributed by atoms with E-state index in [0.717, 1.165) is 10.8 Å². The van der Waals surface area contributed by atoms with Crippen molar-refractivity contribution in [2.45, 2.75) is 11.8 Å². The number of aromatic nitrogens is 4. The number of sulfonamides is 1. The van der Waals surface area contributed by atoms with Crippen LogP contribution in [-0.4, -0.2) is 27.9 Å². The van der Waals surface area contributed by atoms with E-state index in [9.17, 15) is 18.0 Å². The molecule has 124 valence electrons. The molecule has 3 aromatic heterocycles. The van der Waals surface area contributed by atoms with Crippen molar-refractivity contribution < 1.29 is 8.42 Å². The maximum absolute atomic E-state index is 12.5. The average Bonchev–Trinajstić information content (AvgIpc) is 2.54. The molecule has 0 aliphatic heterocycles. The van der Waals surface area contributed by atoms with E-state index < -0.39 is 21.3 Å². The van der Waals surface area contributed by atoms with Crippen LogP contribution in [-0.2, 0) is 17.1 Å². The monoisotopic (exact) mass is 347 g/mol. The van der Waals surface area contributed by atoms with Crippen LogP contribution in [0.1, 0.15) is 5.56 Å². The zero-order chi connectivity index (χ0) is 17.5. The number of nitrogens with zero attached hydrogens (tertiary/aromatic N) is 3. The molecule has 0 fully saturated rings. The lowest BCUT2D eigenvalue weighted by Gasteiger charge is -2.10. The van der Waals surface area contributed by atoms with E-state index in [0.29, 0.717) is 11.3 Å². The molecule has 0 radical (unpaired) electrons. The highest BCUT2D eigenvalue weighted by Crippen LogP contribution is 2.19. The molecule has 24 heavy (non-hydrogen) atoms. The highest BCUT2D eigenvalue weighted by molar-refractivity contribution is 7.92. The second-order valence-corrected chi connectivity index (χ2v) is 6.84. The molecular weight excluding hydrogens is 334 g/mol. The van der Waals surface area contributed by atoms with E-state index >= 15 is 0 Å². The standard InChI is InChI=1S/C14H13N5O4S/c1-8-6-15-4-3-11(8)18-24(22,23)9-5-10-12(16-7-9)19(2)14(21)17-13(10)20/h3-7H,1-2H3,(H,15,18)(H,17,20,21). The lowest BCUT2D eigenvalue weighted by atomic mass is 10.3. The fourth-order valence-corrected chi connectivity index (χ4v) is 3.26. The number of H-pyrrole nitrogens is 1. The van der Waals surface area contributed by atoms with Gasteiger partial charge in [-0.25, -0.2) is 18.2 Å². The Balaban J connectivity index is 2.14. The van der Waals surface area contributed by atoms with Gasteiger partial charge in [0.25, 0.3) is 15.6 Å². The van der Waals surface area contributed by atoms with Gasteiger partial charge in [0.05, 0.1) is 11.1 Å². The molecule has 0 bridgehead atoms. The normalized spacial score (nSPS) is 11.6. The van der Waals surface area contributed by atoms with Crippen molar-refractivity contribution in [1.29, 1.82) is 0 Å². The van der Waals surface area contributed by atoms with Gasteiger partial charge in [-0.2, -0.15) is 0 Å². The summed E-state index contributed by atoms with van der Waals surface area (Å²) in [6.07, 6.45) is 4.08. The summed E-state index contributed by atoms with van der Waals surface area (Å²) in [6, 6.07) is 2.71. The topological polar surface area (TPSA) is 127 Å². The molecule has 0 spiro atoms. The van der Waals surface area contributed by atoms with E-state index in [-0.39, 0.29) is 15.9 Å². The van der Waals surface area contributed by atoms with Crippen LogP contribution in [0, 0.1) is 6.92 Å². The van der Waals surface area contributed by atoms with Crippen molar-refractivity contribution in [3.05, 3.63) is 57.1 Å². The number of aromatic amines is 1. The predicted octanol–water partition coefficient (Wildman–Crippen LogP) is 0.126. The number of fused-ring (bicyclic) bond motifs is 1. The highest BCUT2D eigenvalue weighted by Gasteiger charge is 2.18. The molecular formula is C14H13N5O4S. The molecule has 3 aromatic rings. The second-order valence-electron chi connectivity index (χ2n) is 5.16. The van der Waals surface area contributed by atoms with Crippen LogP contribution in [0.3, 0.4) is 0 Å². The minimum absolute atomic E-state index is 0.00595. The molecule has 0 unspecified atom stereocenters. The van der Waals surface area contributed by atoms with E-state index in [1.807, 2.05) is 0 Å². The van der Waals surface area contributed by atoms with Crippen molar-refractivity contribution in [3.8, 4) is 0 Å². The van der Waals surface area contributed by atoms with Crippen LogP contribution in [0.2, 0.25) is 0 Å². The van der Waals surface area contributed by atoms with Gasteiger partial charge in [0.1, 0.15) is 10.5 Å². The van der Waals surface area contributed by atoms with Crippen molar-refractivity contribution in [2.75, 3.05) is 4.72 Å². The molecule has 2 N–H and O–H groups in total. The van der Waals surface area contributed by atoms with Crippen molar-refractivity contribution in [2.24, 2.45) is 7.05 Å². The molecule has 0 saturated carbocycles. The first-order valence-corrected chi connectivity index (χ1v) is 8.30. The Bertz CT molecular complexity index is 1160. The maximum Gasteiger partial charge on any atom is 0.329 e. The Labute approximate surface area is 136 Å². The Morgan fingerprint density at radius 1 is 1.25 bits per heavy atom. The number of nitrogens with one attached hydrogen (secondary N) is 2. The van der Waals surface area contributed by atoms with Crippen LogP contribution in [0.5, 0.6) is 0 Å². The van der Waals surface area contributed by atoms with Crippen molar-refractivity contribution in [3.63, 3.8) is 0 Å². The van der Waals surface area contributed by atoms with E-state index in [1.54, 1.807) is 6.92 Å². The van der Waals surface area contributed by atoms with Crippen LogP contribution in [0.25, 0.3) is 11.0 Å². The fraction of sp³-hybridized carbons (Fsp3) is 0.143. The number of pyridine rings is 2. The molecule has 0 atom stereocenters. The maximum atomic E-state index is 12.5. The molecule has 0 saturated heterocycles. The van der Waals surface area contributed by atoms with E-state index in [4.69, 9.17) is 0 Å². The number of hydrogen-bond donors (Lipinski definition) is 2. The molecule has 3 heterocycles. The molecule has 0 aromatic carbocycles. The van der Waals surface area contributed by atoms with Crippen molar-refractivity contribution >= 4 is 26.7 Å².